The van der Waals surface area contributed by atoms with Crippen LogP contribution in [0.4, 0.5) is 0 Å². The Morgan fingerprint density at radius 1 is 0.810 bits per heavy atom. The summed E-state index contributed by atoms with van der Waals surface area (Å²) in [5, 5.41) is 19.8. The van der Waals surface area contributed by atoms with Crippen molar-refractivity contribution in [2.24, 2.45) is 5.41 Å². The summed E-state index contributed by atoms with van der Waals surface area (Å²) in [7, 11) is 0. The van der Waals surface area contributed by atoms with Crippen molar-refractivity contribution >= 4 is 0 Å². The number of rotatable bonds is 14. The minimum absolute atomic E-state index is 0.339. The van der Waals surface area contributed by atoms with Crippen LogP contribution in [0.25, 0.3) is 0 Å². The molecular formula is C17H28O4. The molecule has 0 heterocycles. The summed E-state index contributed by atoms with van der Waals surface area (Å²) < 4.78 is 11.1. The first kappa shape index (κ1) is 19.8. The number of aliphatic hydroxyl groups is 2. The lowest BCUT2D eigenvalue weighted by Gasteiger charge is -2.35. The van der Waals surface area contributed by atoms with Gasteiger partial charge in [0.25, 0.3) is 0 Å². The van der Waals surface area contributed by atoms with E-state index in [2.05, 4.69) is 26.3 Å². The van der Waals surface area contributed by atoms with Gasteiger partial charge >= 0.3 is 0 Å². The maximum atomic E-state index is 9.92. The molecule has 0 fully saturated rings. The van der Waals surface area contributed by atoms with Gasteiger partial charge in [0, 0.05) is 5.41 Å². The van der Waals surface area contributed by atoms with Gasteiger partial charge in [0.05, 0.1) is 38.6 Å². The molecule has 0 rings (SSSR count). The Labute approximate surface area is 128 Å². The van der Waals surface area contributed by atoms with E-state index in [9.17, 15) is 10.2 Å². The van der Waals surface area contributed by atoms with Gasteiger partial charge in [-0.15, -0.1) is 26.3 Å². The largest absolute Gasteiger partial charge is 0.389 e. The van der Waals surface area contributed by atoms with Gasteiger partial charge in [-0.2, -0.15) is 0 Å². The maximum Gasteiger partial charge on any atom is 0.0725 e. The second-order valence-electron chi connectivity index (χ2n) is 5.12. The molecule has 0 saturated carbocycles. The zero-order valence-electron chi connectivity index (χ0n) is 12.7. The Balaban J connectivity index is 5.01. The molecule has 0 spiro atoms. The Morgan fingerprint density at radius 3 is 1.48 bits per heavy atom. The lowest BCUT2D eigenvalue weighted by Crippen LogP contribution is -2.38. The Kier molecular flexibility index (Phi) is 10.8. The molecule has 0 aromatic carbocycles. The molecule has 0 aromatic heterocycles. The van der Waals surface area contributed by atoms with Gasteiger partial charge in [-0.25, -0.2) is 0 Å². The first-order valence-corrected chi connectivity index (χ1v) is 7.02. The average Bonchev–Trinajstić information content (AvgIpc) is 2.47. The fourth-order valence-electron chi connectivity index (χ4n) is 2.13. The smallest absolute Gasteiger partial charge is 0.0725 e. The van der Waals surface area contributed by atoms with Crippen LogP contribution in [0, 0.1) is 5.41 Å². The second kappa shape index (κ2) is 11.5. The number of aliphatic hydroxyl groups excluding tert-OH is 2. The van der Waals surface area contributed by atoms with Crippen LogP contribution in [0.1, 0.15) is 12.8 Å². The fraction of sp³-hybridized carbons (Fsp3) is 0.529. The highest BCUT2D eigenvalue weighted by Crippen LogP contribution is 2.32. The normalized spacial score (nSPS) is 14.2. The molecule has 4 nitrogen and oxygen atoms in total. The number of hydrogen-bond donors (Lipinski definition) is 2. The molecule has 0 saturated heterocycles. The zero-order chi connectivity index (χ0) is 16.1. The average molecular weight is 296 g/mol. The van der Waals surface area contributed by atoms with Gasteiger partial charge in [-0.05, 0) is 12.8 Å². The summed E-state index contributed by atoms with van der Waals surface area (Å²) in [6.45, 7) is 15.9. The summed E-state index contributed by atoms with van der Waals surface area (Å²) in [6.07, 6.45) is 5.63. The van der Waals surface area contributed by atoms with E-state index in [1.165, 1.54) is 12.2 Å². The minimum atomic E-state index is -0.693. The highest BCUT2D eigenvalue weighted by molar-refractivity contribution is 4.94. The molecular weight excluding hydrogens is 268 g/mol. The number of ether oxygens (including phenoxy) is 2. The maximum absolute atomic E-state index is 9.92. The van der Waals surface area contributed by atoms with E-state index in [0.29, 0.717) is 39.3 Å². The molecule has 2 N–H and O–H groups in total. The molecule has 0 aliphatic heterocycles. The summed E-state index contributed by atoms with van der Waals surface area (Å²) in [5.74, 6) is 0. The van der Waals surface area contributed by atoms with Gasteiger partial charge in [0.15, 0.2) is 0 Å². The monoisotopic (exact) mass is 296 g/mol. The number of hydrogen-bond acceptors (Lipinski definition) is 4. The molecule has 0 amide bonds. The van der Waals surface area contributed by atoms with Crippen LogP contribution in [0.3, 0.4) is 0 Å². The standard InChI is InChI=1S/C17H28O4/c1-5-9-20-13-17(11-15(18)7-3,12-16(19)8-4)14-21-10-6-2/h5-8,15-16,18-19H,1-4,9-14H2. The minimum Gasteiger partial charge on any atom is -0.389 e. The van der Waals surface area contributed by atoms with Crippen LogP contribution in [0.5, 0.6) is 0 Å². The Bertz CT molecular complexity index is 293. The molecule has 0 radical (unpaired) electrons. The van der Waals surface area contributed by atoms with Gasteiger partial charge in [-0.1, -0.05) is 24.3 Å². The Hall–Kier alpha value is -1.20. The third-order valence-electron chi connectivity index (χ3n) is 3.12. The lowest BCUT2D eigenvalue weighted by molar-refractivity contribution is -0.0500. The zero-order valence-corrected chi connectivity index (χ0v) is 12.7. The van der Waals surface area contributed by atoms with Crippen molar-refractivity contribution in [1.82, 2.24) is 0 Å². The van der Waals surface area contributed by atoms with Crippen LogP contribution in [0.2, 0.25) is 0 Å². The fourth-order valence-corrected chi connectivity index (χ4v) is 2.13. The molecule has 2 atom stereocenters. The summed E-state index contributed by atoms with van der Waals surface area (Å²) in [6, 6.07) is 0. The molecule has 0 aliphatic carbocycles. The van der Waals surface area contributed by atoms with Gasteiger partial charge < -0.3 is 19.7 Å². The predicted octanol–water partition coefficient (Wildman–Crippen LogP) is 2.25. The van der Waals surface area contributed by atoms with Crippen LogP contribution < -0.4 is 0 Å². The topological polar surface area (TPSA) is 58.9 Å². The third kappa shape index (κ3) is 8.63. The van der Waals surface area contributed by atoms with E-state index >= 15 is 0 Å². The summed E-state index contributed by atoms with van der Waals surface area (Å²) >= 11 is 0. The molecule has 120 valence electrons. The van der Waals surface area contributed by atoms with Crippen molar-refractivity contribution in [3.05, 3.63) is 50.6 Å². The van der Waals surface area contributed by atoms with E-state index < -0.39 is 17.6 Å². The van der Waals surface area contributed by atoms with Crippen LogP contribution in [-0.2, 0) is 9.47 Å². The molecule has 0 aliphatic rings. The molecule has 0 aromatic rings. The molecule has 2 unspecified atom stereocenters. The highest BCUT2D eigenvalue weighted by atomic mass is 16.5. The SMILES string of the molecule is C=CCOCC(COCC=C)(CC(O)C=C)CC(O)C=C. The molecule has 0 bridgehead atoms. The third-order valence-corrected chi connectivity index (χ3v) is 3.12. The van der Waals surface area contributed by atoms with Gasteiger partial charge in [0.2, 0.25) is 0 Å². The van der Waals surface area contributed by atoms with Crippen LogP contribution in [-0.4, -0.2) is 48.8 Å². The van der Waals surface area contributed by atoms with Crippen molar-refractivity contribution < 1.29 is 19.7 Å². The van der Waals surface area contributed by atoms with E-state index in [1.54, 1.807) is 12.2 Å². The van der Waals surface area contributed by atoms with Crippen LogP contribution >= 0.6 is 0 Å². The lowest BCUT2D eigenvalue weighted by atomic mass is 9.78. The predicted molar refractivity (Wildman–Crippen MR) is 86.1 cm³/mol. The first-order valence-electron chi connectivity index (χ1n) is 7.02. The van der Waals surface area contributed by atoms with Crippen LogP contribution in [0.15, 0.2) is 50.6 Å². The van der Waals surface area contributed by atoms with E-state index in [4.69, 9.17) is 9.47 Å². The van der Waals surface area contributed by atoms with Crippen molar-refractivity contribution in [2.75, 3.05) is 26.4 Å². The quantitative estimate of drug-likeness (QED) is 0.381. The summed E-state index contributed by atoms with van der Waals surface area (Å²) in [4.78, 5) is 0. The Morgan fingerprint density at radius 2 is 1.19 bits per heavy atom. The molecule has 21 heavy (non-hydrogen) atoms. The van der Waals surface area contributed by atoms with Gasteiger partial charge in [0.1, 0.15) is 0 Å². The van der Waals surface area contributed by atoms with E-state index in [0.717, 1.165) is 0 Å². The molecule has 4 heteroatoms. The summed E-state index contributed by atoms with van der Waals surface area (Å²) in [5.41, 5.74) is -0.534. The van der Waals surface area contributed by atoms with Crippen molar-refractivity contribution in [3.63, 3.8) is 0 Å². The first-order chi connectivity index (χ1) is 10.0. The van der Waals surface area contributed by atoms with Crippen molar-refractivity contribution in [3.8, 4) is 0 Å². The van der Waals surface area contributed by atoms with E-state index in [-0.39, 0.29) is 0 Å². The highest BCUT2D eigenvalue weighted by Gasteiger charge is 2.34. The van der Waals surface area contributed by atoms with Crippen molar-refractivity contribution in [2.45, 2.75) is 25.0 Å². The van der Waals surface area contributed by atoms with Crippen molar-refractivity contribution in [1.29, 1.82) is 0 Å². The van der Waals surface area contributed by atoms with E-state index in [1.807, 2.05) is 0 Å². The van der Waals surface area contributed by atoms with Gasteiger partial charge in [-0.3, -0.25) is 0 Å². The second-order valence-corrected chi connectivity index (χ2v) is 5.12.